The lowest BCUT2D eigenvalue weighted by Gasteiger charge is -1.90. The van der Waals surface area contributed by atoms with E-state index in [2.05, 4.69) is 4.98 Å². The molecule has 1 aromatic carbocycles. The molecule has 66 valence electrons. The summed E-state index contributed by atoms with van der Waals surface area (Å²) in [5, 5.41) is 11.5. The number of non-ortho nitro benzene ring substituents is 1. The van der Waals surface area contributed by atoms with Crippen molar-refractivity contribution in [1.29, 1.82) is 0 Å². The Bertz CT molecular complexity index is 478. The highest BCUT2D eigenvalue weighted by Crippen LogP contribution is 2.30. The molecule has 0 fully saturated rings. The van der Waals surface area contributed by atoms with Crippen LogP contribution >= 0.6 is 11.3 Å². The van der Waals surface area contributed by atoms with Crippen LogP contribution in [0.15, 0.2) is 18.2 Å². The molecule has 2 rings (SSSR count). The van der Waals surface area contributed by atoms with Crippen LogP contribution in [-0.4, -0.2) is 9.91 Å². The molecule has 0 atom stereocenters. The Kier molecular flexibility index (Phi) is 1.73. The first-order valence-corrected chi connectivity index (χ1v) is 4.50. The Hall–Kier alpha value is -1.49. The van der Waals surface area contributed by atoms with Gasteiger partial charge in [0.25, 0.3) is 5.69 Å². The van der Waals surface area contributed by atoms with Crippen molar-refractivity contribution in [3.8, 4) is 0 Å². The Morgan fingerprint density at radius 3 is 3.00 bits per heavy atom. The number of aromatic nitrogens is 1. The average molecular weight is 194 g/mol. The van der Waals surface area contributed by atoms with Crippen molar-refractivity contribution < 1.29 is 4.92 Å². The van der Waals surface area contributed by atoms with Crippen molar-refractivity contribution in [2.24, 2.45) is 0 Å². The van der Waals surface area contributed by atoms with Crippen molar-refractivity contribution in [3.05, 3.63) is 33.3 Å². The minimum atomic E-state index is -0.375. The lowest BCUT2D eigenvalue weighted by atomic mass is 10.3. The van der Waals surface area contributed by atoms with E-state index < -0.39 is 0 Å². The van der Waals surface area contributed by atoms with Gasteiger partial charge < -0.3 is 0 Å². The third-order valence-electron chi connectivity index (χ3n) is 1.70. The molecule has 1 aromatic heterocycles. The highest BCUT2D eigenvalue weighted by molar-refractivity contribution is 7.19. The molecule has 1 heterocycles. The van der Waals surface area contributed by atoms with Crippen LogP contribution in [0.5, 0.6) is 0 Å². The summed E-state index contributed by atoms with van der Waals surface area (Å²) in [6.45, 7) is 1.84. The van der Waals surface area contributed by atoms with Gasteiger partial charge in [0.2, 0.25) is 0 Å². The molecule has 0 spiro atoms. The normalized spacial score (nSPS) is 10.5. The molecule has 0 saturated heterocycles. The number of nitro benzene ring substituents is 1. The number of nitro groups is 1. The van der Waals surface area contributed by atoms with E-state index in [1.165, 1.54) is 17.4 Å². The van der Waals surface area contributed by atoms with Crippen molar-refractivity contribution >= 4 is 27.2 Å². The molecule has 4 nitrogen and oxygen atoms in total. The lowest BCUT2D eigenvalue weighted by Crippen LogP contribution is -1.86. The van der Waals surface area contributed by atoms with Gasteiger partial charge in [-0.05, 0) is 13.0 Å². The quantitative estimate of drug-likeness (QED) is 0.517. The van der Waals surface area contributed by atoms with Gasteiger partial charge in [-0.1, -0.05) is 6.07 Å². The van der Waals surface area contributed by atoms with Crippen LogP contribution in [-0.2, 0) is 0 Å². The molecule has 2 aromatic rings. The van der Waals surface area contributed by atoms with E-state index in [4.69, 9.17) is 0 Å². The van der Waals surface area contributed by atoms with Gasteiger partial charge in [0.05, 0.1) is 15.4 Å². The Labute approximate surface area is 78.0 Å². The Morgan fingerprint density at radius 2 is 2.31 bits per heavy atom. The third kappa shape index (κ3) is 1.27. The molecule has 0 saturated carbocycles. The van der Waals surface area contributed by atoms with E-state index in [0.29, 0.717) is 10.2 Å². The number of rotatable bonds is 1. The maximum absolute atomic E-state index is 10.6. The second kappa shape index (κ2) is 2.77. The number of nitrogens with zero attached hydrogens (tertiary/aromatic N) is 2. The first kappa shape index (κ1) is 8.12. The van der Waals surface area contributed by atoms with Gasteiger partial charge in [0.1, 0.15) is 4.70 Å². The van der Waals surface area contributed by atoms with Crippen molar-refractivity contribution in [2.75, 3.05) is 0 Å². The topological polar surface area (TPSA) is 56.0 Å². The molecule has 0 N–H and O–H groups in total. The first-order chi connectivity index (χ1) is 6.18. The van der Waals surface area contributed by atoms with E-state index in [9.17, 15) is 10.1 Å². The van der Waals surface area contributed by atoms with E-state index in [-0.39, 0.29) is 10.6 Å². The first-order valence-electron chi connectivity index (χ1n) is 3.69. The summed E-state index contributed by atoms with van der Waals surface area (Å²) in [4.78, 5) is 14.4. The highest BCUT2D eigenvalue weighted by Gasteiger charge is 2.13. The maximum Gasteiger partial charge on any atom is 0.288 e. The molecule has 0 bridgehead atoms. The van der Waals surface area contributed by atoms with Gasteiger partial charge >= 0.3 is 0 Å². The number of hydrogen-bond acceptors (Lipinski definition) is 4. The smallest absolute Gasteiger partial charge is 0.258 e. The molecule has 0 aliphatic rings. The van der Waals surface area contributed by atoms with Crippen LogP contribution in [0.1, 0.15) is 5.01 Å². The fourth-order valence-corrected chi connectivity index (χ4v) is 2.09. The van der Waals surface area contributed by atoms with Crippen molar-refractivity contribution in [3.63, 3.8) is 0 Å². The summed E-state index contributed by atoms with van der Waals surface area (Å²) in [6.07, 6.45) is 0. The minimum absolute atomic E-state index is 0.142. The van der Waals surface area contributed by atoms with Gasteiger partial charge in [-0.2, -0.15) is 0 Å². The summed E-state index contributed by atoms with van der Waals surface area (Å²) < 4.78 is 0.657. The van der Waals surface area contributed by atoms with E-state index in [1.54, 1.807) is 12.1 Å². The summed E-state index contributed by atoms with van der Waals surface area (Å²) in [7, 11) is 0. The monoisotopic (exact) mass is 194 g/mol. The third-order valence-corrected chi connectivity index (χ3v) is 2.71. The zero-order chi connectivity index (χ0) is 9.42. The number of hydrogen-bond donors (Lipinski definition) is 0. The summed E-state index contributed by atoms with van der Waals surface area (Å²) >= 11 is 1.35. The van der Waals surface area contributed by atoms with Gasteiger partial charge in [-0.15, -0.1) is 11.3 Å². The van der Waals surface area contributed by atoms with Crippen LogP contribution in [0.3, 0.4) is 0 Å². The van der Waals surface area contributed by atoms with Gasteiger partial charge in [0.15, 0.2) is 0 Å². The fraction of sp³-hybridized carbons (Fsp3) is 0.125. The molecule has 0 amide bonds. The second-order valence-electron chi connectivity index (χ2n) is 2.62. The molecule has 0 radical (unpaired) electrons. The standard InChI is InChI=1S/C8H6N2O2S/c1-5-9-6-3-2-4-7(10(11)12)8(6)13-5/h2-4H,1H3. The molecule has 5 heteroatoms. The lowest BCUT2D eigenvalue weighted by molar-refractivity contribution is -0.382. The van der Waals surface area contributed by atoms with Crippen LogP contribution in [0.25, 0.3) is 10.2 Å². The predicted octanol–water partition coefficient (Wildman–Crippen LogP) is 2.51. The van der Waals surface area contributed by atoms with Crippen molar-refractivity contribution in [2.45, 2.75) is 6.92 Å². The van der Waals surface area contributed by atoms with E-state index in [0.717, 1.165) is 5.01 Å². The number of aryl methyl sites for hydroxylation is 1. The number of benzene rings is 1. The molecular weight excluding hydrogens is 188 g/mol. The average Bonchev–Trinajstić information content (AvgIpc) is 2.43. The van der Waals surface area contributed by atoms with Gasteiger partial charge in [-0.3, -0.25) is 10.1 Å². The zero-order valence-corrected chi connectivity index (χ0v) is 7.67. The number of fused-ring (bicyclic) bond motifs is 1. The molecular formula is C8H6N2O2S. The van der Waals surface area contributed by atoms with Crippen LogP contribution in [0.4, 0.5) is 5.69 Å². The van der Waals surface area contributed by atoms with Crippen LogP contribution in [0.2, 0.25) is 0 Å². The predicted molar refractivity (Wildman–Crippen MR) is 51.0 cm³/mol. The van der Waals surface area contributed by atoms with Crippen LogP contribution < -0.4 is 0 Å². The maximum atomic E-state index is 10.6. The Balaban J connectivity index is 2.82. The van der Waals surface area contributed by atoms with E-state index in [1.807, 2.05) is 6.92 Å². The summed E-state index contributed by atoms with van der Waals surface area (Å²) in [5.41, 5.74) is 0.847. The highest BCUT2D eigenvalue weighted by atomic mass is 32.1. The van der Waals surface area contributed by atoms with Gasteiger partial charge in [-0.25, -0.2) is 4.98 Å². The second-order valence-corrected chi connectivity index (χ2v) is 3.82. The molecule has 0 aliphatic carbocycles. The van der Waals surface area contributed by atoms with Gasteiger partial charge in [0, 0.05) is 6.07 Å². The number of thiazole rings is 1. The molecule has 0 unspecified atom stereocenters. The largest absolute Gasteiger partial charge is 0.288 e. The summed E-state index contributed by atoms with van der Waals surface area (Å²) in [6, 6.07) is 4.94. The zero-order valence-electron chi connectivity index (χ0n) is 6.85. The molecule has 13 heavy (non-hydrogen) atoms. The van der Waals surface area contributed by atoms with Crippen LogP contribution in [0, 0.1) is 17.0 Å². The fourth-order valence-electron chi connectivity index (χ4n) is 1.19. The van der Waals surface area contributed by atoms with E-state index >= 15 is 0 Å². The Morgan fingerprint density at radius 1 is 1.54 bits per heavy atom. The SMILES string of the molecule is Cc1nc2cccc([N+](=O)[O-])c2s1. The summed E-state index contributed by atoms with van der Waals surface area (Å²) in [5.74, 6) is 0. The van der Waals surface area contributed by atoms with Crippen molar-refractivity contribution in [1.82, 2.24) is 4.98 Å². The molecule has 0 aliphatic heterocycles. The minimum Gasteiger partial charge on any atom is -0.258 e.